The number of rotatable bonds is 2. The minimum atomic E-state index is -4.35. The summed E-state index contributed by atoms with van der Waals surface area (Å²) in [6.07, 6.45) is -3.82. The second-order valence-corrected chi connectivity index (χ2v) is 5.72. The highest BCUT2D eigenvalue weighted by Gasteiger charge is 2.33. The molecule has 8 heteroatoms. The normalized spacial score (nSPS) is 27.4. The zero-order chi connectivity index (χ0) is 15.7. The van der Waals surface area contributed by atoms with Gasteiger partial charge < -0.3 is 15.3 Å². The Morgan fingerprint density at radius 2 is 1.86 bits per heavy atom. The Balaban J connectivity index is 1.59. The Morgan fingerprint density at radius 1 is 1.14 bits per heavy atom. The largest absolute Gasteiger partial charge is 0.417 e. The zero-order valence-corrected chi connectivity index (χ0v) is 12.1. The van der Waals surface area contributed by atoms with Crippen LogP contribution in [0, 0.1) is 0 Å². The van der Waals surface area contributed by atoms with Crippen LogP contribution in [0.15, 0.2) is 18.3 Å². The molecule has 2 fully saturated rings. The van der Waals surface area contributed by atoms with Crippen LogP contribution in [-0.2, 0) is 6.18 Å². The molecule has 0 radical (unpaired) electrons. The lowest BCUT2D eigenvalue weighted by Crippen LogP contribution is -2.53. The second kappa shape index (κ2) is 6.02. The third-order valence-electron chi connectivity index (χ3n) is 4.33. The Labute approximate surface area is 126 Å². The molecule has 2 aliphatic rings. The molecule has 2 atom stereocenters. The van der Waals surface area contributed by atoms with E-state index in [0.29, 0.717) is 25.5 Å². The van der Waals surface area contributed by atoms with Crippen molar-refractivity contribution in [2.24, 2.45) is 0 Å². The maximum Gasteiger partial charge on any atom is 0.417 e. The summed E-state index contributed by atoms with van der Waals surface area (Å²) in [6, 6.07) is 2.62. The van der Waals surface area contributed by atoms with Crippen LogP contribution in [0.25, 0.3) is 0 Å². The first-order valence-electron chi connectivity index (χ1n) is 7.36. The van der Waals surface area contributed by atoms with Crippen LogP contribution in [0.3, 0.4) is 0 Å². The standard InChI is InChI=1S/C14H19F3N4O/c15-14(16,17)10-1-2-13(19-7-10)21-5-3-20(4-6-21)11-8-18-9-12(11)22/h1-2,7,11-12,18,22H,3-6,8-9H2/t11-,12-/m0/s1. The fraction of sp³-hybridized carbons (Fsp3) is 0.643. The van der Waals surface area contributed by atoms with Crippen molar-refractivity contribution in [1.29, 1.82) is 0 Å². The van der Waals surface area contributed by atoms with Gasteiger partial charge in [-0.3, -0.25) is 4.90 Å². The van der Waals surface area contributed by atoms with Gasteiger partial charge in [-0.1, -0.05) is 0 Å². The molecule has 22 heavy (non-hydrogen) atoms. The fourth-order valence-corrected chi connectivity index (χ4v) is 3.05. The lowest BCUT2D eigenvalue weighted by molar-refractivity contribution is -0.137. The Morgan fingerprint density at radius 3 is 2.36 bits per heavy atom. The van der Waals surface area contributed by atoms with Crippen molar-refractivity contribution in [3.63, 3.8) is 0 Å². The number of hydrogen-bond acceptors (Lipinski definition) is 5. The molecule has 0 bridgehead atoms. The predicted molar refractivity (Wildman–Crippen MR) is 75.7 cm³/mol. The van der Waals surface area contributed by atoms with Crippen LogP contribution in [0.4, 0.5) is 19.0 Å². The number of aliphatic hydroxyl groups is 1. The maximum absolute atomic E-state index is 12.5. The number of nitrogens with one attached hydrogen (secondary N) is 1. The lowest BCUT2D eigenvalue weighted by Gasteiger charge is -2.39. The van der Waals surface area contributed by atoms with E-state index in [1.807, 2.05) is 4.90 Å². The lowest BCUT2D eigenvalue weighted by atomic mass is 10.1. The van der Waals surface area contributed by atoms with Gasteiger partial charge >= 0.3 is 6.18 Å². The molecule has 3 rings (SSSR count). The molecular formula is C14H19F3N4O. The molecule has 2 N–H and O–H groups in total. The number of alkyl halides is 3. The van der Waals surface area contributed by atoms with Gasteiger partial charge in [0.25, 0.3) is 0 Å². The molecule has 5 nitrogen and oxygen atoms in total. The third-order valence-corrected chi connectivity index (χ3v) is 4.33. The number of hydrogen-bond donors (Lipinski definition) is 2. The topological polar surface area (TPSA) is 51.6 Å². The SMILES string of the molecule is O[C@H]1CNC[C@@H]1N1CCN(c2ccc(C(F)(F)F)cn2)CC1. The summed E-state index contributed by atoms with van der Waals surface area (Å²) in [5.41, 5.74) is -0.727. The quantitative estimate of drug-likeness (QED) is 0.835. The van der Waals surface area contributed by atoms with E-state index in [0.717, 1.165) is 31.9 Å². The molecule has 0 spiro atoms. The summed E-state index contributed by atoms with van der Waals surface area (Å²) >= 11 is 0. The molecule has 0 aromatic carbocycles. The van der Waals surface area contributed by atoms with Gasteiger partial charge in [-0.2, -0.15) is 13.2 Å². The molecule has 0 aliphatic carbocycles. The fourth-order valence-electron chi connectivity index (χ4n) is 3.05. The summed E-state index contributed by atoms with van der Waals surface area (Å²) in [5.74, 6) is 0.567. The average Bonchev–Trinajstić information content (AvgIpc) is 2.93. The van der Waals surface area contributed by atoms with Crippen LogP contribution in [0.5, 0.6) is 0 Å². The van der Waals surface area contributed by atoms with Crippen molar-refractivity contribution >= 4 is 5.82 Å². The van der Waals surface area contributed by atoms with Crippen LogP contribution in [-0.4, -0.2) is 66.4 Å². The smallest absolute Gasteiger partial charge is 0.390 e. The summed E-state index contributed by atoms with van der Waals surface area (Å²) in [6.45, 7) is 4.33. The number of pyridine rings is 1. The molecule has 0 amide bonds. The first kappa shape index (κ1) is 15.5. The van der Waals surface area contributed by atoms with Crippen molar-refractivity contribution in [1.82, 2.24) is 15.2 Å². The molecule has 122 valence electrons. The van der Waals surface area contributed by atoms with E-state index < -0.39 is 11.7 Å². The molecule has 2 aliphatic heterocycles. The second-order valence-electron chi connectivity index (χ2n) is 5.72. The van der Waals surface area contributed by atoms with Crippen molar-refractivity contribution in [2.45, 2.75) is 18.3 Å². The summed E-state index contributed by atoms with van der Waals surface area (Å²) < 4.78 is 37.6. The molecular weight excluding hydrogens is 297 g/mol. The van der Waals surface area contributed by atoms with Crippen molar-refractivity contribution in [3.8, 4) is 0 Å². The minimum Gasteiger partial charge on any atom is -0.390 e. The van der Waals surface area contributed by atoms with Gasteiger partial charge in [-0.05, 0) is 12.1 Å². The van der Waals surface area contributed by atoms with Crippen LogP contribution >= 0.6 is 0 Å². The number of halogens is 3. The zero-order valence-electron chi connectivity index (χ0n) is 12.1. The van der Waals surface area contributed by atoms with Gasteiger partial charge in [-0.25, -0.2) is 4.98 Å². The van der Waals surface area contributed by atoms with E-state index in [1.54, 1.807) is 0 Å². The van der Waals surface area contributed by atoms with Gasteiger partial charge in [0.2, 0.25) is 0 Å². The van der Waals surface area contributed by atoms with Gasteiger partial charge in [0, 0.05) is 51.5 Å². The Bertz CT molecular complexity index is 500. The summed E-state index contributed by atoms with van der Waals surface area (Å²) in [4.78, 5) is 8.14. The Kier molecular flexibility index (Phi) is 4.24. The van der Waals surface area contributed by atoms with E-state index in [-0.39, 0.29) is 12.1 Å². The number of aliphatic hydroxyl groups excluding tert-OH is 1. The minimum absolute atomic E-state index is 0.128. The molecule has 1 aromatic rings. The average molecular weight is 316 g/mol. The number of aromatic nitrogens is 1. The monoisotopic (exact) mass is 316 g/mol. The number of anilines is 1. The van der Waals surface area contributed by atoms with Crippen LogP contribution in [0.2, 0.25) is 0 Å². The van der Waals surface area contributed by atoms with Crippen molar-refractivity contribution in [2.75, 3.05) is 44.2 Å². The molecule has 1 aromatic heterocycles. The van der Waals surface area contributed by atoms with Gasteiger partial charge in [0.15, 0.2) is 0 Å². The van der Waals surface area contributed by atoms with E-state index in [2.05, 4.69) is 15.2 Å². The first-order chi connectivity index (χ1) is 10.4. The van der Waals surface area contributed by atoms with E-state index in [9.17, 15) is 18.3 Å². The van der Waals surface area contributed by atoms with E-state index >= 15 is 0 Å². The molecule has 2 saturated heterocycles. The van der Waals surface area contributed by atoms with E-state index in [4.69, 9.17) is 0 Å². The first-order valence-corrected chi connectivity index (χ1v) is 7.36. The summed E-state index contributed by atoms with van der Waals surface area (Å²) in [5, 5.41) is 13.1. The predicted octanol–water partition coefficient (Wildman–Crippen LogP) is 0.555. The highest BCUT2D eigenvalue weighted by Crippen LogP contribution is 2.29. The van der Waals surface area contributed by atoms with Crippen molar-refractivity contribution in [3.05, 3.63) is 23.9 Å². The highest BCUT2D eigenvalue weighted by molar-refractivity contribution is 5.40. The number of nitrogens with zero attached hydrogens (tertiary/aromatic N) is 3. The van der Waals surface area contributed by atoms with Crippen LogP contribution < -0.4 is 10.2 Å². The maximum atomic E-state index is 12.5. The van der Waals surface area contributed by atoms with Gasteiger partial charge in [-0.15, -0.1) is 0 Å². The van der Waals surface area contributed by atoms with Crippen LogP contribution in [0.1, 0.15) is 5.56 Å². The van der Waals surface area contributed by atoms with Crippen molar-refractivity contribution < 1.29 is 18.3 Å². The highest BCUT2D eigenvalue weighted by atomic mass is 19.4. The molecule has 0 saturated carbocycles. The van der Waals surface area contributed by atoms with E-state index in [1.165, 1.54) is 6.07 Å². The third kappa shape index (κ3) is 3.18. The van der Waals surface area contributed by atoms with Gasteiger partial charge in [0.1, 0.15) is 5.82 Å². The number of β-amino-alcohol motifs (C(OH)–C–C–N with tert-alkyl or cyclic N) is 1. The van der Waals surface area contributed by atoms with Gasteiger partial charge in [0.05, 0.1) is 11.7 Å². The Hall–Kier alpha value is -1.38. The molecule has 3 heterocycles. The number of piperazine rings is 1. The molecule has 0 unspecified atom stereocenters. The summed E-state index contributed by atoms with van der Waals surface area (Å²) in [7, 11) is 0.